The van der Waals surface area contributed by atoms with Crippen LogP contribution in [0.2, 0.25) is 0 Å². The second kappa shape index (κ2) is 7.02. The van der Waals surface area contributed by atoms with Crippen LogP contribution in [0.1, 0.15) is 18.9 Å². The zero-order valence-electron chi connectivity index (χ0n) is 12.0. The highest BCUT2D eigenvalue weighted by atomic mass is 32.1. The molecule has 1 atom stereocenters. The van der Waals surface area contributed by atoms with Crippen molar-refractivity contribution in [2.45, 2.75) is 25.9 Å². The maximum absolute atomic E-state index is 9.29. The van der Waals surface area contributed by atoms with Gasteiger partial charge in [-0.25, -0.2) is 0 Å². The summed E-state index contributed by atoms with van der Waals surface area (Å²) in [7, 11) is 0. The number of hydrogen-bond donors (Lipinski definition) is 2. The molecule has 1 aromatic rings. The topological polar surface area (TPSA) is 52.7 Å². The molecule has 0 aliphatic carbocycles. The zero-order chi connectivity index (χ0) is 14.5. The van der Waals surface area contributed by atoms with Crippen molar-refractivity contribution in [1.29, 1.82) is 0 Å². The SMILES string of the molecule is CCC(C(N)=S)N1CCN(Cc2ccc(O)cc2)CC1. The van der Waals surface area contributed by atoms with E-state index in [4.69, 9.17) is 18.0 Å². The lowest BCUT2D eigenvalue weighted by molar-refractivity contribution is 0.112. The van der Waals surface area contributed by atoms with Gasteiger partial charge in [0.15, 0.2) is 0 Å². The third kappa shape index (κ3) is 3.91. The number of rotatable bonds is 5. The summed E-state index contributed by atoms with van der Waals surface area (Å²) in [6, 6.07) is 7.68. The molecule has 1 aromatic carbocycles. The normalized spacial score (nSPS) is 18.9. The molecule has 1 aliphatic rings. The minimum Gasteiger partial charge on any atom is -0.508 e. The van der Waals surface area contributed by atoms with E-state index < -0.39 is 0 Å². The molecule has 3 N–H and O–H groups in total. The molecule has 110 valence electrons. The number of hydrogen-bond acceptors (Lipinski definition) is 4. The largest absolute Gasteiger partial charge is 0.508 e. The summed E-state index contributed by atoms with van der Waals surface area (Å²) in [5, 5.41) is 9.29. The Morgan fingerprint density at radius 2 is 1.85 bits per heavy atom. The highest BCUT2D eigenvalue weighted by Gasteiger charge is 2.24. The standard InChI is InChI=1S/C15H23N3OS/c1-2-14(15(16)20)18-9-7-17(8-10-18)11-12-3-5-13(19)6-4-12/h3-6,14,19H,2,7-11H2,1H3,(H2,16,20). The van der Waals surface area contributed by atoms with Crippen LogP contribution < -0.4 is 5.73 Å². The molecule has 0 radical (unpaired) electrons. The lowest BCUT2D eigenvalue weighted by Crippen LogP contribution is -2.53. The van der Waals surface area contributed by atoms with Crippen LogP contribution in [0, 0.1) is 0 Å². The van der Waals surface area contributed by atoms with Crippen LogP contribution in [0.25, 0.3) is 0 Å². The van der Waals surface area contributed by atoms with Gasteiger partial charge in [0.05, 0.1) is 11.0 Å². The van der Waals surface area contributed by atoms with Crippen LogP contribution >= 0.6 is 12.2 Å². The van der Waals surface area contributed by atoms with Crippen LogP contribution in [0.15, 0.2) is 24.3 Å². The molecule has 1 fully saturated rings. The average molecular weight is 293 g/mol. The maximum Gasteiger partial charge on any atom is 0.115 e. The number of nitrogens with two attached hydrogens (primary N) is 1. The van der Waals surface area contributed by atoms with E-state index in [0.29, 0.717) is 10.7 Å². The van der Waals surface area contributed by atoms with Crippen molar-refractivity contribution < 1.29 is 5.11 Å². The molecule has 5 heteroatoms. The van der Waals surface area contributed by atoms with Gasteiger partial charge in [-0.1, -0.05) is 31.3 Å². The lowest BCUT2D eigenvalue weighted by Gasteiger charge is -2.38. The fourth-order valence-corrected chi connectivity index (χ4v) is 3.05. The number of aromatic hydroxyl groups is 1. The second-order valence-corrected chi connectivity index (χ2v) is 5.78. The van der Waals surface area contributed by atoms with Crippen LogP contribution in [0.4, 0.5) is 0 Å². The molecule has 2 rings (SSSR count). The summed E-state index contributed by atoms with van der Waals surface area (Å²) >= 11 is 5.14. The van der Waals surface area contributed by atoms with Crippen molar-refractivity contribution in [3.8, 4) is 5.75 Å². The predicted octanol–water partition coefficient (Wildman–Crippen LogP) is 1.57. The molecule has 0 aromatic heterocycles. The van der Waals surface area contributed by atoms with E-state index in [1.807, 2.05) is 12.1 Å². The Labute approximate surface area is 126 Å². The second-order valence-electron chi connectivity index (χ2n) is 5.30. The number of phenolic OH excluding ortho intramolecular Hbond substituents is 1. The van der Waals surface area contributed by atoms with Crippen LogP contribution in [0.3, 0.4) is 0 Å². The highest BCUT2D eigenvalue weighted by Crippen LogP contribution is 2.14. The van der Waals surface area contributed by atoms with Crippen molar-refractivity contribution in [3.63, 3.8) is 0 Å². The molecule has 0 amide bonds. The average Bonchev–Trinajstić information content (AvgIpc) is 2.44. The van der Waals surface area contributed by atoms with Crippen molar-refractivity contribution in [2.24, 2.45) is 5.73 Å². The molecule has 1 unspecified atom stereocenters. The van der Waals surface area contributed by atoms with Crippen molar-refractivity contribution >= 4 is 17.2 Å². The molecule has 20 heavy (non-hydrogen) atoms. The molecule has 0 spiro atoms. The Hall–Kier alpha value is -1.17. The van der Waals surface area contributed by atoms with Crippen LogP contribution in [0.5, 0.6) is 5.75 Å². The Kier molecular flexibility index (Phi) is 5.34. The predicted molar refractivity (Wildman–Crippen MR) is 85.8 cm³/mol. The van der Waals surface area contributed by atoms with Crippen molar-refractivity contribution in [1.82, 2.24) is 9.80 Å². The number of piperazine rings is 1. The Morgan fingerprint density at radius 3 is 2.35 bits per heavy atom. The van der Waals surface area contributed by atoms with E-state index >= 15 is 0 Å². The Balaban J connectivity index is 1.85. The first-order chi connectivity index (χ1) is 9.60. The highest BCUT2D eigenvalue weighted by molar-refractivity contribution is 7.80. The smallest absolute Gasteiger partial charge is 0.115 e. The third-order valence-electron chi connectivity index (χ3n) is 3.91. The molecule has 1 saturated heterocycles. The summed E-state index contributed by atoms with van der Waals surface area (Å²) in [6.07, 6.45) is 0.979. The van der Waals surface area contributed by atoms with Gasteiger partial charge in [0.1, 0.15) is 5.75 Å². The fraction of sp³-hybridized carbons (Fsp3) is 0.533. The van der Waals surface area contributed by atoms with E-state index in [1.165, 1.54) is 5.56 Å². The number of phenols is 1. The van der Waals surface area contributed by atoms with Gasteiger partial charge in [-0.2, -0.15) is 0 Å². The van der Waals surface area contributed by atoms with E-state index in [2.05, 4.69) is 16.7 Å². The van der Waals surface area contributed by atoms with Crippen molar-refractivity contribution in [2.75, 3.05) is 26.2 Å². The first-order valence-electron chi connectivity index (χ1n) is 7.13. The van der Waals surface area contributed by atoms with Crippen molar-refractivity contribution in [3.05, 3.63) is 29.8 Å². The number of benzene rings is 1. The molecular weight excluding hydrogens is 270 g/mol. The molecule has 1 aliphatic heterocycles. The minimum atomic E-state index is 0.237. The van der Waals surface area contributed by atoms with Gasteiger partial charge in [-0.15, -0.1) is 0 Å². The summed E-state index contributed by atoms with van der Waals surface area (Å²) in [4.78, 5) is 5.42. The van der Waals surface area contributed by atoms with E-state index in [0.717, 1.165) is 39.1 Å². The maximum atomic E-state index is 9.29. The lowest BCUT2D eigenvalue weighted by atomic mass is 10.1. The van der Waals surface area contributed by atoms with Crippen LogP contribution in [-0.2, 0) is 6.54 Å². The fourth-order valence-electron chi connectivity index (χ4n) is 2.73. The molecule has 1 heterocycles. The molecular formula is C15H23N3OS. The van der Waals surface area contributed by atoms with E-state index in [9.17, 15) is 5.11 Å². The summed E-state index contributed by atoms with van der Waals surface area (Å²) in [5.74, 6) is 0.320. The molecule has 4 nitrogen and oxygen atoms in total. The monoisotopic (exact) mass is 293 g/mol. The van der Waals surface area contributed by atoms with Gasteiger partial charge in [0.2, 0.25) is 0 Å². The zero-order valence-corrected chi connectivity index (χ0v) is 12.8. The summed E-state index contributed by atoms with van der Waals surface area (Å²) in [5.41, 5.74) is 7.04. The van der Waals surface area contributed by atoms with Crippen LogP contribution in [-0.4, -0.2) is 52.1 Å². The van der Waals surface area contributed by atoms with Gasteiger partial charge in [-0.3, -0.25) is 9.80 Å². The minimum absolute atomic E-state index is 0.237. The van der Waals surface area contributed by atoms with Gasteiger partial charge < -0.3 is 10.8 Å². The Morgan fingerprint density at radius 1 is 1.25 bits per heavy atom. The summed E-state index contributed by atoms with van der Waals surface area (Å²) < 4.78 is 0. The van der Waals surface area contributed by atoms with E-state index in [-0.39, 0.29) is 6.04 Å². The number of nitrogens with zero attached hydrogens (tertiary/aromatic N) is 2. The third-order valence-corrected chi connectivity index (χ3v) is 4.18. The first-order valence-corrected chi connectivity index (χ1v) is 7.54. The first kappa shape index (κ1) is 15.2. The molecule has 0 bridgehead atoms. The van der Waals surface area contributed by atoms with Gasteiger partial charge in [-0.05, 0) is 24.1 Å². The van der Waals surface area contributed by atoms with Gasteiger partial charge in [0, 0.05) is 32.7 Å². The Bertz CT molecular complexity index is 441. The van der Waals surface area contributed by atoms with E-state index in [1.54, 1.807) is 12.1 Å². The quantitative estimate of drug-likeness (QED) is 0.807. The van der Waals surface area contributed by atoms with Gasteiger partial charge >= 0.3 is 0 Å². The van der Waals surface area contributed by atoms with Gasteiger partial charge in [0.25, 0.3) is 0 Å². The number of thiocarbonyl (C=S) groups is 1. The molecule has 0 saturated carbocycles. The summed E-state index contributed by atoms with van der Waals surface area (Å²) in [6.45, 7) is 7.13.